The van der Waals surface area contributed by atoms with E-state index in [1.165, 1.54) is 0 Å². The van der Waals surface area contributed by atoms with Gasteiger partial charge in [0.2, 0.25) is 0 Å². The molecule has 1 N–H and O–H groups in total. The third-order valence-corrected chi connectivity index (χ3v) is 2.99. The van der Waals surface area contributed by atoms with Gasteiger partial charge in [-0.3, -0.25) is 4.79 Å². The smallest absolute Gasteiger partial charge is 0.303 e. The van der Waals surface area contributed by atoms with Gasteiger partial charge in [0.1, 0.15) is 12.4 Å². The minimum Gasteiger partial charge on any atom is -0.492 e. The van der Waals surface area contributed by atoms with E-state index in [9.17, 15) is 4.79 Å². The number of nitrogens with zero attached hydrogens (tertiary/aromatic N) is 1. The molecule has 0 radical (unpaired) electrons. The third kappa shape index (κ3) is 7.70. The van der Waals surface area contributed by atoms with Crippen molar-refractivity contribution < 1.29 is 14.6 Å². The molecule has 0 unspecified atom stereocenters. The highest BCUT2D eigenvalue weighted by molar-refractivity contribution is 6.30. The second kappa shape index (κ2) is 8.77. The van der Waals surface area contributed by atoms with Crippen molar-refractivity contribution in [2.45, 2.75) is 19.3 Å². The van der Waals surface area contributed by atoms with Gasteiger partial charge in [-0.25, -0.2) is 0 Å². The maximum atomic E-state index is 10.4. The number of carboxylic acid groups (broad SMARTS) is 1. The molecule has 1 rings (SSSR count). The second-order valence-corrected chi connectivity index (χ2v) is 4.89. The lowest BCUT2D eigenvalue weighted by Gasteiger charge is -2.16. The summed E-state index contributed by atoms with van der Waals surface area (Å²) in [5, 5.41) is 9.22. The number of unbranched alkanes of at least 4 members (excludes halogenated alkanes) is 1. The molecule has 1 aromatic carbocycles. The minimum atomic E-state index is -0.728. The van der Waals surface area contributed by atoms with Crippen LogP contribution in [0.1, 0.15) is 19.3 Å². The lowest BCUT2D eigenvalue weighted by molar-refractivity contribution is -0.137. The van der Waals surface area contributed by atoms with E-state index in [0.29, 0.717) is 11.6 Å². The minimum absolute atomic E-state index is 0.245. The van der Waals surface area contributed by atoms with Crippen molar-refractivity contribution >= 4 is 17.6 Å². The van der Waals surface area contributed by atoms with Crippen LogP contribution in [0, 0.1) is 0 Å². The molecule has 106 valence electrons. The van der Waals surface area contributed by atoms with Crippen molar-refractivity contribution in [3.63, 3.8) is 0 Å². The molecule has 19 heavy (non-hydrogen) atoms. The van der Waals surface area contributed by atoms with Gasteiger partial charge in [0.05, 0.1) is 0 Å². The monoisotopic (exact) mass is 285 g/mol. The summed E-state index contributed by atoms with van der Waals surface area (Å²) in [4.78, 5) is 12.5. The van der Waals surface area contributed by atoms with E-state index in [0.717, 1.165) is 31.7 Å². The van der Waals surface area contributed by atoms with E-state index in [2.05, 4.69) is 4.90 Å². The van der Waals surface area contributed by atoms with E-state index in [-0.39, 0.29) is 6.42 Å². The first kappa shape index (κ1) is 15.8. The molecule has 0 amide bonds. The number of aliphatic carboxylic acids is 1. The van der Waals surface area contributed by atoms with Crippen LogP contribution in [0.5, 0.6) is 5.75 Å². The largest absolute Gasteiger partial charge is 0.492 e. The van der Waals surface area contributed by atoms with Crippen molar-refractivity contribution in [3.05, 3.63) is 29.3 Å². The molecule has 0 aliphatic rings. The van der Waals surface area contributed by atoms with Crippen LogP contribution in [0.4, 0.5) is 0 Å². The summed E-state index contributed by atoms with van der Waals surface area (Å²) < 4.78 is 5.58. The van der Waals surface area contributed by atoms with Gasteiger partial charge in [0.25, 0.3) is 0 Å². The molecule has 0 fully saturated rings. The van der Waals surface area contributed by atoms with Gasteiger partial charge in [-0.1, -0.05) is 11.6 Å². The summed E-state index contributed by atoms with van der Waals surface area (Å²) in [6.45, 7) is 2.31. The highest BCUT2D eigenvalue weighted by atomic mass is 35.5. The predicted molar refractivity (Wildman–Crippen MR) is 75.9 cm³/mol. The van der Waals surface area contributed by atoms with Gasteiger partial charge in [-0.15, -0.1) is 0 Å². The maximum absolute atomic E-state index is 10.4. The molecule has 0 saturated carbocycles. The molecule has 0 saturated heterocycles. The first-order chi connectivity index (χ1) is 9.08. The molecule has 0 aliphatic heterocycles. The molecule has 5 heteroatoms. The van der Waals surface area contributed by atoms with Crippen LogP contribution in [-0.2, 0) is 4.79 Å². The van der Waals surface area contributed by atoms with E-state index < -0.39 is 5.97 Å². The van der Waals surface area contributed by atoms with Crippen LogP contribution in [0.3, 0.4) is 0 Å². The van der Waals surface area contributed by atoms with Crippen LogP contribution in [0.2, 0.25) is 5.02 Å². The number of carboxylic acids is 1. The number of benzene rings is 1. The van der Waals surface area contributed by atoms with Crippen molar-refractivity contribution in [1.82, 2.24) is 4.90 Å². The number of halogens is 1. The fourth-order valence-electron chi connectivity index (χ4n) is 1.62. The highest BCUT2D eigenvalue weighted by Crippen LogP contribution is 2.15. The SMILES string of the molecule is CN(CCCCC(=O)O)CCOc1ccc(Cl)cc1. The lowest BCUT2D eigenvalue weighted by atomic mass is 10.2. The molecular weight excluding hydrogens is 266 g/mol. The molecule has 0 spiro atoms. The highest BCUT2D eigenvalue weighted by Gasteiger charge is 2.01. The number of ether oxygens (including phenoxy) is 1. The number of hydrogen-bond donors (Lipinski definition) is 1. The van der Waals surface area contributed by atoms with E-state index in [4.69, 9.17) is 21.4 Å². The molecule has 4 nitrogen and oxygen atoms in total. The number of rotatable bonds is 9. The molecule has 0 heterocycles. The van der Waals surface area contributed by atoms with Gasteiger partial charge in [0, 0.05) is 18.0 Å². The number of hydrogen-bond acceptors (Lipinski definition) is 3. The van der Waals surface area contributed by atoms with Gasteiger partial charge >= 0.3 is 5.97 Å². The van der Waals surface area contributed by atoms with Crippen LogP contribution >= 0.6 is 11.6 Å². The summed E-state index contributed by atoms with van der Waals surface area (Å²) in [5.41, 5.74) is 0. The number of likely N-dealkylation sites (N-methyl/N-ethyl adjacent to an activating group) is 1. The predicted octanol–water partition coefficient (Wildman–Crippen LogP) is 2.91. The standard InChI is InChI=1S/C14H20ClNO3/c1-16(9-3-2-4-14(17)18)10-11-19-13-7-5-12(15)6-8-13/h5-8H,2-4,9-11H2,1H3,(H,17,18). The molecular formula is C14H20ClNO3. The lowest BCUT2D eigenvalue weighted by Crippen LogP contribution is -2.25. The van der Waals surface area contributed by atoms with E-state index in [1.807, 2.05) is 19.2 Å². The quantitative estimate of drug-likeness (QED) is 0.709. The Morgan fingerprint density at radius 2 is 1.95 bits per heavy atom. The molecule has 1 aromatic rings. The van der Waals surface area contributed by atoms with Crippen LogP contribution in [0.15, 0.2) is 24.3 Å². The van der Waals surface area contributed by atoms with Crippen molar-refractivity contribution in [3.8, 4) is 5.75 Å². The maximum Gasteiger partial charge on any atom is 0.303 e. The topological polar surface area (TPSA) is 49.8 Å². The fraction of sp³-hybridized carbons (Fsp3) is 0.500. The van der Waals surface area contributed by atoms with Gasteiger partial charge in [-0.2, -0.15) is 0 Å². The first-order valence-electron chi connectivity index (χ1n) is 6.36. The molecule has 0 aromatic heterocycles. The zero-order valence-electron chi connectivity index (χ0n) is 11.1. The fourth-order valence-corrected chi connectivity index (χ4v) is 1.75. The van der Waals surface area contributed by atoms with Crippen molar-refractivity contribution in [2.75, 3.05) is 26.7 Å². The summed E-state index contributed by atoms with van der Waals surface area (Å²) in [5.74, 6) is 0.0809. The Morgan fingerprint density at radius 1 is 1.26 bits per heavy atom. The normalized spacial score (nSPS) is 10.7. The Kier molecular flexibility index (Phi) is 7.30. The van der Waals surface area contributed by atoms with Crippen molar-refractivity contribution in [2.24, 2.45) is 0 Å². The summed E-state index contributed by atoms with van der Waals surface area (Å²) in [6.07, 6.45) is 1.86. The van der Waals surface area contributed by atoms with E-state index >= 15 is 0 Å². The van der Waals surface area contributed by atoms with Crippen LogP contribution < -0.4 is 4.74 Å². The summed E-state index contributed by atoms with van der Waals surface area (Å²) in [7, 11) is 2.01. The van der Waals surface area contributed by atoms with Gasteiger partial charge in [0.15, 0.2) is 0 Å². The van der Waals surface area contributed by atoms with E-state index in [1.54, 1.807) is 12.1 Å². The van der Waals surface area contributed by atoms with Crippen LogP contribution in [0.25, 0.3) is 0 Å². The average molecular weight is 286 g/mol. The Hall–Kier alpha value is -1.26. The second-order valence-electron chi connectivity index (χ2n) is 4.46. The Bertz CT molecular complexity index is 381. The Balaban J connectivity index is 2.08. The zero-order chi connectivity index (χ0) is 14.1. The Morgan fingerprint density at radius 3 is 2.58 bits per heavy atom. The summed E-state index contributed by atoms with van der Waals surface area (Å²) in [6, 6.07) is 7.28. The average Bonchev–Trinajstić information content (AvgIpc) is 2.37. The molecule has 0 aliphatic carbocycles. The van der Waals surface area contributed by atoms with Gasteiger partial charge < -0.3 is 14.7 Å². The third-order valence-electron chi connectivity index (χ3n) is 2.74. The first-order valence-corrected chi connectivity index (χ1v) is 6.74. The molecule has 0 atom stereocenters. The summed E-state index contributed by atoms with van der Waals surface area (Å²) >= 11 is 5.78. The molecule has 0 bridgehead atoms. The van der Waals surface area contributed by atoms with Crippen LogP contribution in [-0.4, -0.2) is 42.7 Å². The van der Waals surface area contributed by atoms with Gasteiger partial charge in [-0.05, 0) is 50.7 Å². The van der Waals surface area contributed by atoms with Crippen molar-refractivity contribution in [1.29, 1.82) is 0 Å². The zero-order valence-corrected chi connectivity index (χ0v) is 11.9. The number of carbonyl (C=O) groups is 1. The Labute approximate surface area is 118 Å².